The van der Waals surface area contributed by atoms with Crippen LogP contribution in [0.4, 0.5) is 0 Å². The highest BCUT2D eigenvalue weighted by molar-refractivity contribution is 5.85. The molecule has 0 radical (unpaired) electrons. The van der Waals surface area contributed by atoms with Crippen LogP contribution in [-0.2, 0) is 9.53 Å². The van der Waals surface area contributed by atoms with Crippen LogP contribution < -0.4 is 5.32 Å². The number of halogens is 2. The Morgan fingerprint density at radius 1 is 1.24 bits per heavy atom. The molecule has 104 valence electrons. The number of aliphatic hydroxyl groups is 4. The first-order chi connectivity index (χ1) is 6.97. The molecule has 0 saturated carbocycles. The zero-order valence-electron chi connectivity index (χ0n) is 9.02. The van der Waals surface area contributed by atoms with Crippen LogP contribution in [0.15, 0.2) is 0 Å². The predicted molar refractivity (Wildman–Crippen MR) is 62.1 cm³/mol. The van der Waals surface area contributed by atoms with Crippen LogP contribution in [0.1, 0.15) is 6.92 Å². The number of carbonyl (C=O) groups excluding carboxylic acids is 1. The number of rotatable bonds is 2. The van der Waals surface area contributed by atoms with E-state index in [1.54, 1.807) is 0 Å². The van der Waals surface area contributed by atoms with Crippen LogP contribution in [0, 0.1) is 0 Å². The second kappa shape index (κ2) is 8.04. The fourth-order valence-corrected chi connectivity index (χ4v) is 1.49. The fraction of sp³-hybridized carbons (Fsp3) is 0.875. The zero-order chi connectivity index (χ0) is 11.6. The molecule has 0 aromatic carbocycles. The number of carbonyl (C=O) groups is 1. The SMILES string of the molecule is CC(=O)N[C@H]1C(O)O[C@H](CO)[C@H](O)[C@@H]1O.Cl.Cl. The van der Waals surface area contributed by atoms with Crippen molar-refractivity contribution in [3.63, 3.8) is 0 Å². The minimum absolute atomic E-state index is 0. The number of hydrogen-bond donors (Lipinski definition) is 5. The van der Waals surface area contributed by atoms with Crippen LogP contribution in [-0.4, -0.2) is 63.6 Å². The molecule has 5 N–H and O–H groups in total. The lowest BCUT2D eigenvalue weighted by Crippen LogP contribution is -2.63. The van der Waals surface area contributed by atoms with E-state index in [2.05, 4.69) is 5.32 Å². The summed E-state index contributed by atoms with van der Waals surface area (Å²) in [6, 6.07) is -1.10. The summed E-state index contributed by atoms with van der Waals surface area (Å²) in [6.45, 7) is 0.687. The molecule has 1 saturated heterocycles. The van der Waals surface area contributed by atoms with Gasteiger partial charge < -0.3 is 30.5 Å². The van der Waals surface area contributed by atoms with E-state index < -0.39 is 43.2 Å². The van der Waals surface area contributed by atoms with E-state index in [9.17, 15) is 20.1 Å². The van der Waals surface area contributed by atoms with Crippen LogP contribution >= 0.6 is 24.8 Å². The maximum Gasteiger partial charge on any atom is 0.217 e. The van der Waals surface area contributed by atoms with Crippen LogP contribution in [0.2, 0.25) is 0 Å². The molecule has 0 spiro atoms. The van der Waals surface area contributed by atoms with E-state index >= 15 is 0 Å². The van der Waals surface area contributed by atoms with Crippen molar-refractivity contribution in [3.05, 3.63) is 0 Å². The Morgan fingerprint density at radius 2 is 1.76 bits per heavy atom. The Kier molecular flexibility index (Phi) is 9.08. The molecule has 0 aromatic heterocycles. The number of nitrogens with one attached hydrogen (secondary N) is 1. The Morgan fingerprint density at radius 3 is 2.18 bits per heavy atom. The van der Waals surface area contributed by atoms with Crippen molar-refractivity contribution in [2.45, 2.75) is 37.6 Å². The molecule has 1 amide bonds. The lowest BCUT2D eigenvalue weighted by Gasteiger charge is -2.40. The summed E-state index contributed by atoms with van der Waals surface area (Å²) >= 11 is 0. The number of ether oxygens (including phenoxy) is 1. The van der Waals surface area contributed by atoms with E-state index in [1.165, 1.54) is 6.92 Å². The third-order valence-electron chi connectivity index (χ3n) is 2.27. The maximum atomic E-state index is 10.7. The summed E-state index contributed by atoms with van der Waals surface area (Å²) in [4.78, 5) is 10.7. The number of aliphatic hydroxyl groups excluding tert-OH is 4. The van der Waals surface area contributed by atoms with E-state index in [-0.39, 0.29) is 24.8 Å². The summed E-state index contributed by atoms with van der Waals surface area (Å²) in [7, 11) is 0. The average Bonchev–Trinajstić information content (AvgIpc) is 2.18. The summed E-state index contributed by atoms with van der Waals surface area (Å²) in [5.41, 5.74) is 0. The van der Waals surface area contributed by atoms with Gasteiger partial charge in [0.1, 0.15) is 24.4 Å². The minimum Gasteiger partial charge on any atom is -0.394 e. The van der Waals surface area contributed by atoms with Gasteiger partial charge in [0, 0.05) is 6.92 Å². The number of hydrogen-bond acceptors (Lipinski definition) is 6. The van der Waals surface area contributed by atoms with E-state index in [4.69, 9.17) is 9.84 Å². The van der Waals surface area contributed by atoms with Gasteiger partial charge >= 0.3 is 0 Å². The first-order valence-electron chi connectivity index (χ1n) is 4.55. The molecule has 1 aliphatic heterocycles. The summed E-state index contributed by atoms with van der Waals surface area (Å²) < 4.78 is 4.81. The third kappa shape index (κ3) is 4.55. The summed E-state index contributed by atoms with van der Waals surface area (Å²) in [5.74, 6) is -0.462. The molecular weight excluding hydrogens is 277 g/mol. The fourth-order valence-electron chi connectivity index (χ4n) is 1.49. The molecule has 1 heterocycles. The Balaban J connectivity index is 0. The molecule has 5 atom stereocenters. The number of amides is 1. The van der Waals surface area contributed by atoms with Gasteiger partial charge in [0.05, 0.1) is 6.61 Å². The monoisotopic (exact) mass is 293 g/mol. The van der Waals surface area contributed by atoms with Crippen LogP contribution in [0.5, 0.6) is 0 Å². The van der Waals surface area contributed by atoms with Crippen molar-refractivity contribution in [1.82, 2.24) is 5.32 Å². The molecular formula is C8H17Cl2NO6. The molecule has 0 aromatic rings. The van der Waals surface area contributed by atoms with Crippen LogP contribution in [0.25, 0.3) is 0 Å². The third-order valence-corrected chi connectivity index (χ3v) is 2.27. The van der Waals surface area contributed by atoms with E-state index in [1.807, 2.05) is 0 Å². The van der Waals surface area contributed by atoms with Gasteiger partial charge in [-0.2, -0.15) is 0 Å². The summed E-state index contributed by atoms with van der Waals surface area (Å²) in [6.07, 6.45) is -5.24. The smallest absolute Gasteiger partial charge is 0.217 e. The second-order valence-electron chi connectivity index (χ2n) is 3.46. The first kappa shape index (κ1) is 19.2. The highest BCUT2D eigenvalue weighted by Crippen LogP contribution is 2.19. The average molecular weight is 294 g/mol. The van der Waals surface area contributed by atoms with Crippen molar-refractivity contribution < 1.29 is 30.0 Å². The van der Waals surface area contributed by atoms with Gasteiger partial charge in [-0.05, 0) is 0 Å². The molecule has 9 heteroatoms. The molecule has 0 aliphatic carbocycles. The van der Waals surface area contributed by atoms with Gasteiger partial charge in [-0.3, -0.25) is 4.79 Å². The van der Waals surface area contributed by atoms with Gasteiger partial charge in [-0.1, -0.05) is 0 Å². The first-order valence-corrected chi connectivity index (χ1v) is 4.55. The van der Waals surface area contributed by atoms with E-state index in [0.29, 0.717) is 0 Å². The highest BCUT2D eigenvalue weighted by Gasteiger charge is 2.43. The van der Waals surface area contributed by atoms with Gasteiger partial charge in [0.2, 0.25) is 5.91 Å². The predicted octanol–water partition coefficient (Wildman–Crippen LogP) is -2.23. The highest BCUT2D eigenvalue weighted by atomic mass is 35.5. The van der Waals surface area contributed by atoms with E-state index in [0.717, 1.165) is 0 Å². The van der Waals surface area contributed by atoms with Crippen molar-refractivity contribution >= 4 is 30.7 Å². The lowest BCUT2D eigenvalue weighted by molar-refractivity contribution is -0.253. The Bertz CT molecular complexity index is 244. The molecule has 7 nitrogen and oxygen atoms in total. The van der Waals surface area contributed by atoms with Crippen molar-refractivity contribution in [3.8, 4) is 0 Å². The van der Waals surface area contributed by atoms with Gasteiger partial charge in [-0.15, -0.1) is 24.8 Å². The van der Waals surface area contributed by atoms with Crippen molar-refractivity contribution in [1.29, 1.82) is 0 Å². The standard InChI is InChI=1S/C8H15NO6.2ClH/c1-3(11)9-5-7(13)6(12)4(2-10)15-8(5)14;;/h4-8,10,12-14H,2H2,1H3,(H,9,11);2*1H/t4-,5-,6+,7-,8?;;/m1../s1. The lowest BCUT2D eigenvalue weighted by atomic mass is 9.97. The molecule has 1 aliphatic rings. The topological polar surface area (TPSA) is 119 Å². The Labute approximate surface area is 111 Å². The van der Waals surface area contributed by atoms with Crippen LogP contribution in [0.3, 0.4) is 0 Å². The minimum atomic E-state index is -1.45. The second-order valence-corrected chi connectivity index (χ2v) is 3.46. The molecule has 0 bridgehead atoms. The zero-order valence-corrected chi connectivity index (χ0v) is 10.6. The Hall–Kier alpha value is -0.150. The van der Waals surface area contributed by atoms with Gasteiger partial charge in [0.25, 0.3) is 0 Å². The molecule has 1 fully saturated rings. The van der Waals surface area contributed by atoms with Gasteiger partial charge in [0.15, 0.2) is 6.29 Å². The maximum absolute atomic E-state index is 10.7. The quantitative estimate of drug-likeness (QED) is 0.393. The molecule has 17 heavy (non-hydrogen) atoms. The molecule has 1 unspecified atom stereocenters. The van der Waals surface area contributed by atoms with Crippen molar-refractivity contribution in [2.75, 3.05) is 6.61 Å². The normalized spacial score (nSPS) is 36.4. The molecule has 1 rings (SSSR count). The summed E-state index contributed by atoms with van der Waals surface area (Å²) in [5, 5.41) is 39.4. The largest absolute Gasteiger partial charge is 0.394 e. The van der Waals surface area contributed by atoms with Gasteiger partial charge in [-0.25, -0.2) is 0 Å². The van der Waals surface area contributed by atoms with Crippen molar-refractivity contribution in [2.24, 2.45) is 0 Å².